The van der Waals surface area contributed by atoms with Crippen molar-refractivity contribution in [3.8, 4) is 0 Å². The summed E-state index contributed by atoms with van der Waals surface area (Å²) in [5, 5.41) is 0.292. The Morgan fingerprint density at radius 2 is 2.15 bits per heavy atom. The second kappa shape index (κ2) is 7.89. The highest BCUT2D eigenvalue weighted by Crippen LogP contribution is 2.31. The van der Waals surface area contributed by atoms with Crippen LogP contribution in [0.25, 0.3) is 0 Å². The number of anilines is 1. The third-order valence-corrected chi connectivity index (χ3v) is 6.49. The van der Waals surface area contributed by atoms with Crippen LogP contribution in [-0.4, -0.2) is 26.0 Å². The lowest BCUT2D eigenvalue weighted by atomic mass is 10.3. The first kappa shape index (κ1) is 18.1. The van der Waals surface area contributed by atoms with Gasteiger partial charge in [0.2, 0.25) is 10.0 Å². The average Bonchev–Trinajstić information content (AvgIpc) is 2.33. The van der Waals surface area contributed by atoms with E-state index in [4.69, 9.17) is 17.3 Å². The molecule has 1 aromatic rings. The fourth-order valence-corrected chi connectivity index (χ4v) is 4.95. The fourth-order valence-electron chi connectivity index (χ4n) is 1.57. The van der Waals surface area contributed by atoms with Crippen LogP contribution in [0.15, 0.2) is 21.5 Å². The van der Waals surface area contributed by atoms with Gasteiger partial charge in [0.1, 0.15) is 0 Å². The Kier molecular flexibility index (Phi) is 7.14. The third kappa shape index (κ3) is 5.11. The minimum absolute atomic E-state index is 0.0671. The summed E-state index contributed by atoms with van der Waals surface area (Å²) < 4.78 is 27.7. The number of nitrogens with one attached hydrogen (secondary N) is 1. The van der Waals surface area contributed by atoms with Crippen molar-refractivity contribution < 1.29 is 8.42 Å². The Morgan fingerprint density at radius 1 is 1.50 bits per heavy atom. The van der Waals surface area contributed by atoms with Gasteiger partial charge in [-0.15, -0.1) is 0 Å². The Morgan fingerprint density at radius 3 is 2.75 bits per heavy atom. The number of hydrogen-bond donors (Lipinski definition) is 2. The topological polar surface area (TPSA) is 72.2 Å². The van der Waals surface area contributed by atoms with Crippen LogP contribution < -0.4 is 10.5 Å². The van der Waals surface area contributed by atoms with Gasteiger partial charge in [-0.1, -0.05) is 18.5 Å². The van der Waals surface area contributed by atoms with E-state index < -0.39 is 10.0 Å². The summed E-state index contributed by atoms with van der Waals surface area (Å²) in [6, 6.07) is 2.75. The van der Waals surface area contributed by atoms with Crippen LogP contribution in [-0.2, 0) is 10.0 Å². The molecule has 0 aliphatic heterocycles. The van der Waals surface area contributed by atoms with Crippen LogP contribution in [0.4, 0.5) is 5.69 Å². The van der Waals surface area contributed by atoms with Gasteiger partial charge >= 0.3 is 0 Å². The van der Waals surface area contributed by atoms with Crippen molar-refractivity contribution in [2.24, 2.45) is 0 Å². The summed E-state index contributed by atoms with van der Waals surface area (Å²) in [6.45, 7) is 3.92. The maximum atomic E-state index is 12.3. The molecule has 1 rings (SSSR count). The summed E-state index contributed by atoms with van der Waals surface area (Å²) in [6.07, 6.45) is 0.769. The molecule has 1 aromatic carbocycles. The molecule has 20 heavy (non-hydrogen) atoms. The molecule has 0 heterocycles. The molecular formula is C12H18BrClN2O2S2. The van der Waals surface area contributed by atoms with Crippen LogP contribution >= 0.6 is 39.3 Å². The van der Waals surface area contributed by atoms with Crippen molar-refractivity contribution in [3.63, 3.8) is 0 Å². The van der Waals surface area contributed by atoms with E-state index in [9.17, 15) is 8.42 Å². The Balaban J connectivity index is 2.89. The van der Waals surface area contributed by atoms with Crippen LogP contribution in [0, 0.1) is 0 Å². The maximum absolute atomic E-state index is 12.3. The van der Waals surface area contributed by atoms with E-state index in [0.717, 1.165) is 17.9 Å². The van der Waals surface area contributed by atoms with Gasteiger partial charge in [0.15, 0.2) is 0 Å². The summed E-state index contributed by atoms with van der Waals surface area (Å²) in [5.74, 6) is 1.94. The molecule has 0 aliphatic carbocycles. The van der Waals surface area contributed by atoms with Crippen LogP contribution in [0.3, 0.4) is 0 Å². The Bertz CT molecular complexity index is 567. The molecule has 0 saturated carbocycles. The number of halogens is 2. The molecule has 8 heteroatoms. The summed E-state index contributed by atoms with van der Waals surface area (Å²) in [5.41, 5.74) is 6.02. The van der Waals surface area contributed by atoms with Gasteiger partial charge in [-0.25, -0.2) is 13.1 Å². The minimum atomic E-state index is -3.64. The number of sulfonamides is 1. The molecule has 0 aliphatic rings. The lowest BCUT2D eigenvalue weighted by Crippen LogP contribution is -2.33. The van der Waals surface area contributed by atoms with Crippen LogP contribution in [0.5, 0.6) is 0 Å². The molecule has 4 nitrogen and oxygen atoms in total. The summed E-state index contributed by atoms with van der Waals surface area (Å²) in [4.78, 5) is 0.0671. The molecule has 0 aromatic heterocycles. The van der Waals surface area contributed by atoms with Crippen molar-refractivity contribution >= 4 is 55.0 Å². The number of benzene rings is 1. The molecule has 0 radical (unpaired) electrons. The fraction of sp³-hybridized carbons (Fsp3) is 0.500. The highest BCUT2D eigenvalue weighted by atomic mass is 79.9. The molecule has 1 atom stereocenters. The molecule has 3 N–H and O–H groups in total. The second-order valence-corrected chi connectivity index (χ2v) is 8.62. The predicted octanol–water partition coefficient (Wildman–Crippen LogP) is 3.49. The van der Waals surface area contributed by atoms with E-state index >= 15 is 0 Å². The van der Waals surface area contributed by atoms with E-state index in [1.807, 2.05) is 6.92 Å². The average molecular weight is 402 g/mol. The van der Waals surface area contributed by atoms with Gasteiger partial charge in [0.25, 0.3) is 0 Å². The maximum Gasteiger partial charge on any atom is 0.242 e. The van der Waals surface area contributed by atoms with Crippen molar-refractivity contribution in [1.82, 2.24) is 4.72 Å². The smallest absolute Gasteiger partial charge is 0.242 e. The first-order chi connectivity index (χ1) is 9.27. The number of rotatable bonds is 7. The zero-order valence-corrected chi connectivity index (χ0v) is 15.3. The van der Waals surface area contributed by atoms with Gasteiger partial charge in [-0.05, 0) is 52.9 Å². The molecule has 0 bridgehead atoms. The van der Waals surface area contributed by atoms with Crippen LogP contribution in [0.1, 0.15) is 20.3 Å². The standard InChI is InChI=1S/C12H18BrClN2O2S2/c1-3-19-5-4-8(2)16-20(17,18)11-7-9(14)6-10(15)12(11)13/h6-8,16H,3-5,15H2,1-2H3. The van der Waals surface area contributed by atoms with Gasteiger partial charge in [-0.3, -0.25) is 0 Å². The zero-order chi connectivity index (χ0) is 15.3. The van der Waals surface area contributed by atoms with Gasteiger partial charge in [0, 0.05) is 16.8 Å². The van der Waals surface area contributed by atoms with Gasteiger partial charge in [-0.2, -0.15) is 11.8 Å². The molecule has 0 fully saturated rings. The van der Waals surface area contributed by atoms with Crippen LogP contribution in [0.2, 0.25) is 5.02 Å². The zero-order valence-electron chi connectivity index (χ0n) is 11.3. The van der Waals surface area contributed by atoms with E-state index in [2.05, 4.69) is 27.6 Å². The SMILES string of the molecule is CCSCCC(C)NS(=O)(=O)c1cc(Cl)cc(N)c1Br. The summed E-state index contributed by atoms with van der Waals surface area (Å²) in [7, 11) is -3.64. The second-order valence-electron chi connectivity index (χ2n) is 4.32. The molecule has 1 unspecified atom stereocenters. The Hall–Kier alpha value is 0.0500. The number of nitrogen functional groups attached to an aromatic ring is 1. The van der Waals surface area contributed by atoms with E-state index in [1.54, 1.807) is 11.8 Å². The molecule has 0 saturated heterocycles. The first-order valence-electron chi connectivity index (χ1n) is 6.12. The van der Waals surface area contributed by atoms with Crippen molar-refractivity contribution in [2.45, 2.75) is 31.2 Å². The normalized spacial score (nSPS) is 13.4. The predicted molar refractivity (Wildman–Crippen MR) is 91.0 cm³/mol. The largest absolute Gasteiger partial charge is 0.398 e. The van der Waals surface area contributed by atoms with E-state index in [-0.39, 0.29) is 10.9 Å². The quantitative estimate of drug-likeness (QED) is 0.542. The van der Waals surface area contributed by atoms with E-state index in [0.29, 0.717) is 15.2 Å². The Labute approximate surface area is 138 Å². The summed E-state index contributed by atoms with van der Waals surface area (Å²) >= 11 is 10.8. The molecule has 114 valence electrons. The number of nitrogens with two attached hydrogens (primary N) is 1. The third-order valence-electron chi connectivity index (χ3n) is 2.58. The van der Waals surface area contributed by atoms with Gasteiger partial charge < -0.3 is 5.73 Å². The highest BCUT2D eigenvalue weighted by Gasteiger charge is 2.22. The highest BCUT2D eigenvalue weighted by molar-refractivity contribution is 9.10. The van der Waals surface area contributed by atoms with Gasteiger partial charge in [0.05, 0.1) is 9.37 Å². The van der Waals surface area contributed by atoms with Crippen molar-refractivity contribution in [1.29, 1.82) is 0 Å². The lowest BCUT2D eigenvalue weighted by molar-refractivity contribution is 0.556. The monoisotopic (exact) mass is 400 g/mol. The first-order valence-corrected chi connectivity index (χ1v) is 9.93. The number of hydrogen-bond acceptors (Lipinski definition) is 4. The number of thioether (sulfide) groups is 1. The molecule has 0 amide bonds. The molecular weight excluding hydrogens is 384 g/mol. The van der Waals surface area contributed by atoms with Crippen molar-refractivity contribution in [2.75, 3.05) is 17.2 Å². The minimum Gasteiger partial charge on any atom is -0.398 e. The van der Waals surface area contributed by atoms with E-state index in [1.165, 1.54) is 12.1 Å². The lowest BCUT2D eigenvalue weighted by Gasteiger charge is -2.15. The van der Waals surface area contributed by atoms with Crippen molar-refractivity contribution in [3.05, 3.63) is 21.6 Å². The molecule has 0 spiro atoms.